The SMILES string of the molecule is O=C(NCCN1CCOCC1)c1cccn1-c1nnc(N2CCCCCC2)s1. The Bertz CT molecular complexity index is 762. The van der Waals surface area contributed by atoms with Crippen LogP contribution in [0.15, 0.2) is 18.3 Å². The van der Waals surface area contributed by atoms with Crippen LogP contribution in [0.2, 0.25) is 0 Å². The summed E-state index contributed by atoms with van der Waals surface area (Å²) in [6.45, 7) is 6.93. The molecule has 2 aliphatic heterocycles. The summed E-state index contributed by atoms with van der Waals surface area (Å²) in [5, 5.41) is 13.4. The molecule has 1 N–H and O–H groups in total. The Hall–Kier alpha value is -1.97. The predicted molar refractivity (Wildman–Crippen MR) is 110 cm³/mol. The zero-order valence-corrected chi connectivity index (χ0v) is 17.0. The van der Waals surface area contributed by atoms with E-state index < -0.39 is 0 Å². The fourth-order valence-corrected chi connectivity index (χ4v) is 4.57. The Kier molecular flexibility index (Phi) is 6.56. The van der Waals surface area contributed by atoms with Gasteiger partial charge in [0.25, 0.3) is 5.91 Å². The highest BCUT2D eigenvalue weighted by Crippen LogP contribution is 2.26. The molecule has 2 fully saturated rings. The molecule has 152 valence electrons. The number of ether oxygens (including phenoxy) is 1. The van der Waals surface area contributed by atoms with Crippen LogP contribution in [0.4, 0.5) is 5.13 Å². The second-order valence-corrected chi connectivity index (χ2v) is 8.18. The van der Waals surface area contributed by atoms with E-state index in [0.29, 0.717) is 12.2 Å². The summed E-state index contributed by atoms with van der Waals surface area (Å²) in [7, 11) is 0. The Morgan fingerprint density at radius 1 is 1.07 bits per heavy atom. The lowest BCUT2D eigenvalue weighted by atomic mass is 10.2. The van der Waals surface area contributed by atoms with Gasteiger partial charge in [0.2, 0.25) is 10.3 Å². The van der Waals surface area contributed by atoms with E-state index in [1.54, 1.807) is 11.3 Å². The average molecular weight is 405 g/mol. The fourth-order valence-electron chi connectivity index (χ4n) is 3.67. The smallest absolute Gasteiger partial charge is 0.268 e. The van der Waals surface area contributed by atoms with Crippen LogP contribution in [-0.4, -0.2) is 78.1 Å². The van der Waals surface area contributed by atoms with E-state index in [4.69, 9.17) is 4.74 Å². The monoisotopic (exact) mass is 404 g/mol. The Morgan fingerprint density at radius 2 is 1.82 bits per heavy atom. The van der Waals surface area contributed by atoms with Gasteiger partial charge in [-0.2, -0.15) is 0 Å². The van der Waals surface area contributed by atoms with Crippen molar-refractivity contribution in [1.29, 1.82) is 0 Å². The molecule has 2 aromatic heterocycles. The van der Waals surface area contributed by atoms with E-state index in [2.05, 4.69) is 25.3 Å². The number of aromatic nitrogens is 3. The molecule has 4 heterocycles. The Morgan fingerprint density at radius 3 is 2.61 bits per heavy atom. The molecule has 0 radical (unpaired) electrons. The minimum Gasteiger partial charge on any atom is -0.379 e. The second kappa shape index (κ2) is 9.49. The summed E-state index contributed by atoms with van der Waals surface area (Å²) in [6, 6.07) is 3.71. The molecular weight excluding hydrogens is 376 g/mol. The second-order valence-electron chi connectivity index (χ2n) is 7.24. The first-order chi connectivity index (χ1) is 13.8. The molecule has 2 aromatic rings. The van der Waals surface area contributed by atoms with Gasteiger partial charge in [-0.15, -0.1) is 10.2 Å². The van der Waals surface area contributed by atoms with Gasteiger partial charge >= 0.3 is 0 Å². The van der Waals surface area contributed by atoms with Crippen molar-refractivity contribution in [2.75, 3.05) is 57.4 Å². The van der Waals surface area contributed by atoms with Crippen LogP contribution in [0, 0.1) is 0 Å². The molecule has 8 nitrogen and oxygen atoms in total. The van der Waals surface area contributed by atoms with Gasteiger partial charge in [0, 0.05) is 45.5 Å². The number of anilines is 1. The summed E-state index contributed by atoms with van der Waals surface area (Å²) in [4.78, 5) is 17.3. The molecule has 0 aromatic carbocycles. The first-order valence-electron chi connectivity index (χ1n) is 10.2. The summed E-state index contributed by atoms with van der Waals surface area (Å²) < 4.78 is 7.19. The number of hydrogen-bond donors (Lipinski definition) is 1. The van der Waals surface area contributed by atoms with Crippen molar-refractivity contribution in [1.82, 2.24) is 25.0 Å². The van der Waals surface area contributed by atoms with Gasteiger partial charge in [0.05, 0.1) is 13.2 Å². The molecule has 0 spiro atoms. The third-order valence-electron chi connectivity index (χ3n) is 5.29. The molecule has 0 unspecified atom stereocenters. The van der Waals surface area contributed by atoms with Crippen LogP contribution in [-0.2, 0) is 4.74 Å². The Labute approximate surface area is 169 Å². The third kappa shape index (κ3) is 4.71. The lowest BCUT2D eigenvalue weighted by Crippen LogP contribution is -2.41. The highest BCUT2D eigenvalue weighted by atomic mass is 32.1. The molecular formula is C19H28N6O2S. The molecule has 1 amide bonds. The minimum absolute atomic E-state index is 0.0789. The zero-order chi connectivity index (χ0) is 19.2. The van der Waals surface area contributed by atoms with Crippen molar-refractivity contribution in [3.63, 3.8) is 0 Å². The number of carbonyl (C=O) groups is 1. The number of nitrogens with zero attached hydrogens (tertiary/aromatic N) is 5. The standard InChI is InChI=1S/C19H28N6O2S/c26-17(20-7-11-23-12-14-27-15-13-23)16-6-5-10-25(16)19-22-21-18(28-19)24-8-3-1-2-4-9-24/h5-6,10H,1-4,7-9,11-15H2,(H,20,26). The minimum atomic E-state index is -0.0789. The van der Waals surface area contributed by atoms with Crippen LogP contribution < -0.4 is 10.2 Å². The van der Waals surface area contributed by atoms with Gasteiger partial charge in [0.1, 0.15) is 5.69 Å². The normalized spacial score (nSPS) is 18.8. The summed E-state index contributed by atoms with van der Waals surface area (Å²) in [5.74, 6) is -0.0789. The van der Waals surface area contributed by atoms with Crippen LogP contribution in [0.25, 0.3) is 5.13 Å². The van der Waals surface area contributed by atoms with Crippen molar-refractivity contribution >= 4 is 22.4 Å². The first kappa shape index (κ1) is 19.4. The van der Waals surface area contributed by atoms with E-state index in [0.717, 1.165) is 56.2 Å². The zero-order valence-electron chi connectivity index (χ0n) is 16.2. The van der Waals surface area contributed by atoms with Gasteiger partial charge < -0.3 is 15.0 Å². The van der Waals surface area contributed by atoms with E-state index in [1.807, 2.05) is 22.9 Å². The number of carbonyl (C=O) groups excluding carboxylic acids is 1. The van der Waals surface area contributed by atoms with Crippen molar-refractivity contribution in [2.45, 2.75) is 25.7 Å². The predicted octanol–water partition coefficient (Wildman–Crippen LogP) is 1.77. The molecule has 0 atom stereocenters. The van der Waals surface area contributed by atoms with Crippen molar-refractivity contribution in [3.05, 3.63) is 24.0 Å². The molecule has 0 saturated carbocycles. The Balaban J connectivity index is 1.37. The number of morpholine rings is 1. The number of nitrogens with one attached hydrogen (secondary N) is 1. The maximum Gasteiger partial charge on any atom is 0.268 e. The van der Waals surface area contributed by atoms with Crippen molar-refractivity contribution in [2.24, 2.45) is 0 Å². The number of rotatable bonds is 6. The average Bonchev–Trinajstić information content (AvgIpc) is 3.32. The summed E-state index contributed by atoms with van der Waals surface area (Å²) in [6.07, 6.45) is 6.86. The third-order valence-corrected chi connectivity index (χ3v) is 6.27. The lowest BCUT2D eigenvalue weighted by molar-refractivity contribution is 0.0383. The molecule has 28 heavy (non-hydrogen) atoms. The summed E-state index contributed by atoms with van der Waals surface area (Å²) >= 11 is 1.55. The van der Waals surface area contributed by atoms with E-state index in [1.165, 1.54) is 25.7 Å². The van der Waals surface area contributed by atoms with E-state index >= 15 is 0 Å². The highest BCUT2D eigenvalue weighted by molar-refractivity contribution is 7.17. The van der Waals surface area contributed by atoms with Crippen LogP contribution >= 0.6 is 11.3 Å². The highest BCUT2D eigenvalue weighted by Gasteiger charge is 2.19. The summed E-state index contributed by atoms with van der Waals surface area (Å²) in [5.41, 5.74) is 0.598. The van der Waals surface area contributed by atoms with Crippen molar-refractivity contribution < 1.29 is 9.53 Å². The first-order valence-corrected chi connectivity index (χ1v) is 11.0. The van der Waals surface area contributed by atoms with Gasteiger partial charge in [0.15, 0.2) is 0 Å². The van der Waals surface area contributed by atoms with E-state index in [9.17, 15) is 4.79 Å². The largest absolute Gasteiger partial charge is 0.379 e. The molecule has 2 aliphatic rings. The van der Waals surface area contributed by atoms with Crippen LogP contribution in [0.5, 0.6) is 0 Å². The quantitative estimate of drug-likeness (QED) is 0.791. The van der Waals surface area contributed by atoms with Gasteiger partial charge in [-0.1, -0.05) is 24.2 Å². The van der Waals surface area contributed by atoms with Gasteiger partial charge in [-0.25, -0.2) is 0 Å². The maximum absolute atomic E-state index is 12.7. The molecule has 0 aliphatic carbocycles. The fraction of sp³-hybridized carbons (Fsp3) is 0.632. The van der Waals surface area contributed by atoms with Crippen molar-refractivity contribution in [3.8, 4) is 5.13 Å². The number of amides is 1. The molecule has 0 bridgehead atoms. The van der Waals surface area contributed by atoms with Gasteiger partial charge in [-0.05, 0) is 25.0 Å². The number of hydrogen-bond acceptors (Lipinski definition) is 7. The molecule has 2 saturated heterocycles. The molecule has 4 rings (SSSR count). The maximum atomic E-state index is 12.7. The molecule has 9 heteroatoms. The lowest BCUT2D eigenvalue weighted by Gasteiger charge is -2.26. The van der Waals surface area contributed by atoms with E-state index in [-0.39, 0.29) is 5.91 Å². The topological polar surface area (TPSA) is 75.5 Å². The van der Waals surface area contributed by atoms with Crippen LogP contribution in [0.1, 0.15) is 36.2 Å². The van der Waals surface area contributed by atoms with Crippen LogP contribution in [0.3, 0.4) is 0 Å². The van der Waals surface area contributed by atoms with Gasteiger partial charge in [-0.3, -0.25) is 14.3 Å².